The molecule has 1 aromatic carbocycles. The lowest BCUT2D eigenvalue weighted by Crippen LogP contribution is -2.28. The predicted octanol–water partition coefficient (Wildman–Crippen LogP) is 2.91. The molecule has 0 heterocycles. The molecule has 0 aliphatic carbocycles. The third-order valence-corrected chi connectivity index (χ3v) is 2.41. The number of rotatable bonds is 2. The molecule has 0 aromatic heterocycles. The van der Waals surface area contributed by atoms with Crippen LogP contribution in [-0.2, 0) is 6.42 Å². The molecule has 3 heteroatoms. The molecule has 84 valence electrons. The van der Waals surface area contributed by atoms with Crippen LogP contribution in [0.1, 0.15) is 26.3 Å². The van der Waals surface area contributed by atoms with E-state index in [2.05, 4.69) is 0 Å². The summed E-state index contributed by atoms with van der Waals surface area (Å²) in [6.07, 6.45) is -0.233. The Bertz CT molecular complexity index is 342. The summed E-state index contributed by atoms with van der Waals surface area (Å²) in [4.78, 5) is 0. The average molecular weight is 214 g/mol. The molecule has 1 N–H and O–H groups in total. The first-order chi connectivity index (χ1) is 6.80. The number of aliphatic hydroxyl groups excluding tert-OH is 1. The van der Waals surface area contributed by atoms with E-state index in [-0.39, 0.29) is 5.41 Å². The second kappa shape index (κ2) is 4.27. The molecular formula is C12H16F2O. The van der Waals surface area contributed by atoms with E-state index >= 15 is 0 Å². The third kappa shape index (κ3) is 3.27. The van der Waals surface area contributed by atoms with E-state index in [0.29, 0.717) is 12.0 Å². The minimum atomic E-state index is -0.867. The lowest BCUT2D eigenvalue weighted by Gasteiger charge is -2.25. The van der Waals surface area contributed by atoms with Gasteiger partial charge in [0.15, 0.2) is 11.6 Å². The van der Waals surface area contributed by atoms with Crippen molar-refractivity contribution in [3.8, 4) is 0 Å². The quantitative estimate of drug-likeness (QED) is 0.802. The van der Waals surface area contributed by atoms with E-state index in [4.69, 9.17) is 0 Å². The monoisotopic (exact) mass is 214 g/mol. The van der Waals surface area contributed by atoms with Crippen LogP contribution in [0.5, 0.6) is 0 Å². The van der Waals surface area contributed by atoms with Gasteiger partial charge in [0.05, 0.1) is 6.10 Å². The Labute approximate surface area is 88.7 Å². The SMILES string of the molecule is CC(C)(C)C(O)Cc1ccc(F)c(F)c1. The maximum Gasteiger partial charge on any atom is 0.159 e. The number of hydrogen-bond acceptors (Lipinski definition) is 1. The Morgan fingerprint density at radius 1 is 1.20 bits per heavy atom. The minimum Gasteiger partial charge on any atom is -0.392 e. The number of hydrogen-bond donors (Lipinski definition) is 1. The Morgan fingerprint density at radius 2 is 1.80 bits per heavy atom. The summed E-state index contributed by atoms with van der Waals surface area (Å²) in [6, 6.07) is 3.71. The lowest BCUT2D eigenvalue weighted by atomic mass is 9.85. The van der Waals surface area contributed by atoms with E-state index in [1.165, 1.54) is 6.07 Å². The molecule has 0 fully saturated rings. The Hall–Kier alpha value is -0.960. The van der Waals surface area contributed by atoms with Gasteiger partial charge >= 0.3 is 0 Å². The summed E-state index contributed by atoms with van der Waals surface area (Å²) in [5.74, 6) is -1.72. The molecule has 0 aliphatic heterocycles. The first-order valence-corrected chi connectivity index (χ1v) is 4.92. The fraction of sp³-hybridized carbons (Fsp3) is 0.500. The lowest BCUT2D eigenvalue weighted by molar-refractivity contribution is 0.0635. The standard InChI is InChI=1S/C12H16F2O/c1-12(2,3)11(15)7-8-4-5-9(13)10(14)6-8/h4-6,11,15H,7H2,1-3H3. The largest absolute Gasteiger partial charge is 0.392 e. The van der Waals surface area contributed by atoms with Gasteiger partial charge in [-0.3, -0.25) is 0 Å². The fourth-order valence-corrected chi connectivity index (χ4v) is 1.20. The van der Waals surface area contributed by atoms with Crippen molar-refractivity contribution >= 4 is 0 Å². The maximum absolute atomic E-state index is 12.9. The van der Waals surface area contributed by atoms with Crippen LogP contribution in [0.4, 0.5) is 8.78 Å². The van der Waals surface area contributed by atoms with E-state index in [1.807, 2.05) is 20.8 Å². The van der Waals surface area contributed by atoms with Crippen LogP contribution in [0.3, 0.4) is 0 Å². The van der Waals surface area contributed by atoms with Crippen molar-refractivity contribution in [2.45, 2.75) is 33.3 Å². The fourth-order valence-electron chi connectivity index (χ4n) is 1.20. The highest BCUT2D eigenvalue weighted by Crippen LogP contribution is 2.22. The summed E-state index contributed by atoms with van der Waals surface area (Å²) in [5, 5.41) is 9.78. The number of halogens is 2. The molecule has 0 radical (unpaired) electrons. The number of benzene rings is 1. The molecule has 15 heavy (non-hydrogen) atoms. The maximum atomic E-state index is 12.9. The van der Waals surface area contributed by atoms with Crippen molar-refractivity contribution < 1.29 is 13.9 Å². The summed E-state index contributed by atoms with van der Waals surface area (Å²) in [7, 11) is 0. The van der Waals surface area contributed by atoms with Crippen LogP contribution in [0.15, 0.2) is 18.2 Å². The van der Waals surface area contributed by atoms with Gasteiger partial charge in [-0.25, -0.2) is 8.78 Å². The van der Waals surface area contributed by atoms with Crippen LogP contribution in [0.2, 0.25) is 0 Å². The van der Waals surface area contributed by atoms with Crippen LogP contribution >= 0.6 is 0 Å². The van der Waals surface area contributed by atoms with Gasteiger partial charge in [0.2, 0.25) is 0 Å². The van der Waals surface area contributed by atoms with Gasteiger partial charge in [-0.05, 0) is 29.5 Å². The zero-order valence-electron chi connectivity index (χ0n) is 9.22. The third-order valence-electron chi connectivity index (χ3n) is 2.41. The molecule has 1 aromatic rings. The highest BCUT2D eigenvalue weighted by Gasteiger charge is 2.22. The van der Waals surface area contributed by atoms with E-state index in [9.17, 15) is 13.9 Å². The second-order valence-electron chi connectivity index (χ2n) is 4.83. The van der Waals surface area contributed by atoms with Crippen molar-refractivity contribution in [2.24, 2.45) is 5.41 Å². The Kier molecular flexibility index (Phi) is 3.45. The molecule has 0 aliphatic rings. The highest BCUT2D eigenvalue weighted by molar-refractivity contribution is 5.18. The van der Waals surface area contributed by atoms with Crippen molar-refractivity contribution in [1.82, 2.24) is 0 Å². The molecular weight excluding hydrogens is 198 g/mol. The summed E-state index contributed by atoms with van der Waals surface area (Å²) < 4.78 is 25.5. The molecule has 0 saturated heterocycles. The molecule has 0 spiro atoms. The smallest absolute Gasteiger partial charge is 0.159 e. The molecule has 1 rings (SSSR count). The first-order valence-electron chi connectivity index (χ1n) is 4.92. The molecule has 0 bridgehead atoms. The van der Waals surface area contributed by atoms with Gasteiger partial charge in [0, 0.05) is 0 Å². The highest BCUT2D eigenvalue weighted by atomic mass is 19.2. The van der Waals surface area contributed by atoms with E-state index < -0.39 is 17.7 Å². The van der Waals surface area contributed by atoms with E-state index in [1.54, 1.807) is 0 Å². The van der Waals surface area contributed by atoms with Crippen molar-refractivity contribution in [2.75, 3.05) is 0 Å². The molecule has 0 amide bonds. The average Bonchev–Trinajstić information content (AvgIpc) is 2.10. The van der Waals surface area contributed by atoms with Crippen molar-refractivity contribution in [3.05, 3.63) is 35.4 Å². The Morgan fingerprint density at radius 3 is 2.27 bits per heavy atom. The van der Waals surface area contributed by atoms with Gasteiger partial charge < -0.3 is 5.11 Å². The zero-order chi connectivity index (χ0) is 11.6. The van der Waals surface area contributed by atoms with Crippen molar-refractivity contribution in [3.63, 3.8) is 0 Å². The predicted molar refractivity (Wildman–Crippen MR) is 55.5 cm³/mol. The second-order valence-corrected chi connectivity index (χ2v) is 4.83. The van der Waals surface area contributed by atoms with Crippen LogP contribution in [-0.4, -0.2) is 11.2 Å². The van der Waals surface area contributed by atoms with Crippen LogP contribution < -0.4 is 0 Å². The summed E-state index contributed by atoms with van der Waals surface area (Å²) in [6.45, 7) is 5.70. The van der Waals surface area contributed by atoms with Gasteiger partial charge in [-0.1, -0.05) is 26.8 Å². The zero-order valence-corrected chi connectivity index (χ0v) is 9.22. The summed E-state index contributed by atoms with van der Waals surface area (Å²) >= 11 is 0. The van der Waals surface area contributed by atoms with Crippen LogP contribution in [0.25, 0.3) is 0 Å². The normalized spacial score (nSPS) is 14.0. The first kappa shape index (κ1) is 12.1. The van der Waals surface area contributed by atoms with Crippen molar-refractivity contribution in [1.29, 1.82) is 0 Å². The van der Waals surface area contributed by atoms with Gasteiger partial charge in [-0.15, -0.1) is 0 Å². The Balaban J connectivity index is 2.78. The minimum absolute atomic E-state index is 0.259. The van der Waals surface area contributed by atoms with Gasteiger partial charge in [-0.2, -0.15) is 0 Å². The van der Waals surface area contributed by atoms with Gasteiger partial charge in [0.1, 0.15) is 0 Å². The van der Waals surface area contributed by atoms with Gasteiger partial charge in [0.25, 0.3) is 0 Å². The van der Waals surface area contributed by atoms with Crippen LogP contribution in [0, 0.1) is 17.0 Å². The molecule has 1 nitrogen and oxygen atoms in total. The van der Waals surface area contributed by atoms with E-state index in [0.717, 1.165) is 12.1 Å². The molecule has 1 unspecified atom stereocenters. The number of aliphatic hydroxyl groups is 1. The molecule has 0 saturated carbocycles. The topological polar surface area (TPSA) is 20.2 Å². The summed E-state index contributed by atoms with van der Waals surface area (Å²) in [5.41, 5.74) is 0.349. The molecule has 1 atom stereocenters.